The van der Waals surface area contributed by atoms with E-state index in [-0.39, 0.29) is 0 Å². The van der Waals surface area contributed by atoms with Gasteiger partial charge in [-0.05, 0) is 25.1 Å². The Morgan fingerprint density at radius 1 is 1.29 bits per heavy atom. The fourth-order valence-electron chi connectivity index (χ4n) is 1.55. The second-order valence-electron chi connectivity index (χ2n) is 3.81. The molecule has 14 heavy (non-hydrogen) atoms. The van der Waals surface area contributed by atoms with E-state index in [4.69, 9.17) is 0 Å². The molecule has 0 aliphatic heterocycles. The lowest BCUT2D eigenvalue weighted by Crippen LogP contribution is -2.17. The van der Waals surface area contributed by atoms with Gasteiger partial charge in [0.05, 0.1) is 0 Å². The summed E-state index contributed by atoms with van der Waals surface area (Å²) in [5.41, 5.74) is 4.00. The highest BCUT2D eigenvalue weighted by molar-refractivity contribution is 5.53. The maximum absolute atomic E-state index is 3.36. The average molecular weight is 192 g/mol. The molecule has 0 aliphatic rings. The van der Waals surface area contributed by atoms with Crippen LogP contribution < -0.4 is 10.2 Å². The van der Waals surface area contributed by atoms with Crippen LogP contribution in [0.2, 0.25) is 0 Å². The van der Waals surface area contributed by atoms with E-state index in [2.05, 4.69) is 56.4 Å². The van der Waals surface area contributed by atoms with Crippen molar-refractivity contribution in [3.8, 4) is 0 Å². The first-order chi connectivity index (χ1) is 6.65. The van der Waals surface area contributed by atoms with Crippen LogP contribution in [0.5, 0.6) is 0 Å². The summed E-state index contributed by atoms with van der Waals surface area (Å²) < 4.78 is 0. The van der Waals surface area contributed by atoms with Crippen LogP contribution in [0, 0.1) is 6.92 Å². The van der Waals surface area contributed by atoms with E-state index in [1.807, 2.05) is 0 Å². The molecule has 1 aromatic rings. The van der Waals surface area contributed by atoms with Gasteiger partial charge >= 0.3 is 0 Å². The lowest BCUT2D eigenvalue weighted by molar-refractivity contribution is 0.725. The minimum Gasteiger partial charge on any atom is -0.377 e. The number of hydrogen-bond donors (Lipinski definition) is 1. The van der Waals surface area contributed by atoms with Crippen molar-refractivity contribution in [2.75, 3.05) is 25.5 Å². The number of nitrogens with zero attached hydrogens (tertiary/aromatic N) is 1. The Kier molecular flexibility index (Phi) is 3.96. The highest BCUT2D eigenvalue weighted by atomic mass is 15.1. The summed E-state index contributed by atoms with van der Waals surface area (Å²) in [6.45, 7) is 6.23. The van der Waals surface area contributed by atoms with E-state index in [0.717, 1.165) is 13.1 Å². The molecule has 0 bridgehead atoms. The van der Waals surface area contributed by atoms with Crippen molar-refractivity contribution in [3.05, 3.63) is 29.3 Å². The predicted octanol–water partition coefficient (Wildman–Crippen LogP) is 2.17. The van der Waals surface area contributed by atoms with Gasteiger partial charge < -0.3 is 10.2 Å². The summed E-state index contributed by atoms with van der Waals surface area (Å²) in [4.78, 5) is 2.16. The second kappa shape index (κ2) is 5.01. The lowest BCUT2D eigenvalue weighted by Gasteiger charge is -2.18. The fraction of sp³-hybridized carbons (Fsp3) is 0.500. The molecule has 0 unspecified atom stereocenters. The molecule has 0 atom stereocenters. The third kappa shape index (κ3) is 2.74. The van der Waals surface area contributed by atoms with Gasteiger partial charge in [0.2, 0.25) is 0 Å². The van der Waals surface area contributed by atoms with E-state index in [9.17, 15) is 0 Å². The second-order valence-corrected chi connectivity index (χ2v) is 3.81. The molecule has 2 nitrogen and oxygen atoms in total. The van der Waals surface area contributed by atoms with Crippen LogP contribution >= 0.6 is 0 Å². The first-order valence-electron chi connectivity index (χ1n) is 5.12. The number of anilines is 1. The zero-order chi connectivity index (χ0) is 10.6. The van der Waals surface area contributed by atoms with E-state index < -0.39 is 0 Å². The molecule has 1 rings (SSSR count). The summed E-state index contributed by atoms with van der Waals surface area (Å²) in [7, 11) is 4.17. The normalized spacial score (nSPS) is 10.3. The molecule has 2 heteroatoms. The average Bonchev–Trinajstić information content (AvgIpc) is 2.14. The number of aryl methyl sites for hydroxylation is 1. The van der Waals surface area contributed by atoms with Crippen LogP contribution in [0.1, 0.15) is 18.1 Å². The van der Waals surface area contributed by atoms with Crippen LogP contribution in [0.25, 0.3) is 0 Å². The van der Waals surface area contributed by atoms with Crippen LogP contribution in [-0.4, -0.2) is 20.6 Å². The van der Waals surface area contributed by atoms with E-state index in [1.54, 1.807) is 0 Å². The summed E-state index contributed by atoms with van der Waals surface area (Å²) >= 11 is 0. The molecule has 0 heterocycles. The SMILES string of the molecule is CCNCc1cc(C)ccc1N(C)C. The van der Waals surface area contributed by atoms with E-state index >= 15 is 0 Å². The van der Waals surface area contributed by atoms with E-state index in [0.29, 0.717) is 0 Å². The minimum atomic E-state index is 0.950. The van der Waals surface area contributed by atoms with Crippen molar-refractivity contribution in [3.63, 3.8) is 0 Å². The Morgan fingerprint density at radius 3 is 2.57 bits per heavy atom. The van der Waals surface area contributed by atoms with Gasteiger partial charge in [-0.15, -0.1) is 0 Å². The molecular formula is C12H20N2. The Balaban J connectivity index is 2.91. The lowest BCUT2D eigenvalue weighted by atomic mass is 10.1. The van der Waals surface area contributed by atoms with Crippen molar-refractivity contribution >= 4 is 5.69 Å². The van der Waals surface area contributed by atoms with Gasteiger partial charge in [-0.25, -0.2) is 0 Å². The molecule has 78 valence electrons. The molecule has 0 aromatic heterocycles. The molecule has 0 fully saturated rings. The van der Waals surface area contributed by atoms with Crippen molar-refractivity contribution < 1.29 is 0 Å². The molecule has 0 radical (unpaired) electrons. The first-order valence-corrected chi connectivity index (χ1v) is 5.12. The Hall–Kier alpha value is -1.02. The van der Waals surface area contributed by atoms with Gasteiger partial charge in [-0.1, -0.05) is 24.6 Å². The minimum absolute atomic E-state index is 0.950. The number of benzene rings is 1. The third-order valence-electron chi connectivity index (χ3n) is 2.28. The smallest absolute Gasteiger partial charge is 0.0406 e. The standard InChI is InChI=1S/C12H20N2/c1-5-13-9-11-8-10(2)6-7-12(11)14(3)4/h6-8,13H,5,9H2,1-4H3. The topological polar surface area (TPSA) is 15.3 Å². The van der Waals surface area contributed by atoms with Crippen LogP contribution in [0.4, 0.5) is 5.69 Å². The Labute approximate surface area is 86.9 Å². The van der Waals surface area contributed by atoms with Crippen molar-refractivity contribution in [2.24, 2.45) is 0 Å². The zero-order valence-electron chi connectivity index (χ0n) is 9.59. The molecule has 0 spiro atoms. The van der Waals surface area contributed by atoms with Crippen LogP contribution in [0.15, 0.2) is 18.2 Å². The van der Waals surface area contributed by atoms with E-state index in [1.165, 1.54) is 16.8 Å². The van der Waals surface area contributed by atoms with Gasteiger partial charge in [0.1, 0.15) is 0 Å². The summed E-state index contributed by atoms with van der Waals surface area (Å²) in [6, 6.07) is 6.59. The highest BCUT2D eigenvalue weighted by Crippen LogP contribution is 2.19. The van der Waals surface area contributed by atoms with Gasteiger partial charge in [-0.3, -0.25) is 0 Å². The zero-order valence-corrected chi connectivity index (χ0v) is 9.59. The quantitative estimate of drug-likeness (QED) is 0.786. The largest absolute Gasteiger partial charge is 0.377 e. The molecule has 0 saturated heterocycles. The van der Waals surface area contributed by atoms with Gasteiger partial charge in [0.25, 0.3) is 0 Å². The Morgan fingerprint density at radius 2 is 2.00 bits per heavy atom. The first kappa shape index (κ1) is 11.1. The summed E-state index contributed by atoms with van der Waals surface area (Å²) in [5, 5.41) is 3.36. The van der Waals surface area contributed by atoms with Crippen molar-refractivity contribution in [1.29, 1.82) is 0 Å². The summed E-state index contributed by atoms with van der Waals surface area (Å²) in [6.07, 6.45) is 0. The number of rotatable bonds is 4. The molecule has 1 aromatic carbocycles. The highest BCUT2D eigenvalue weighted by Gasteiger charge is 2.03. The maximum Gasteiger partial charge on any atom is 0.0406 e. The van der Waals surface area contributed by atoms with Crippen molar-refractivity contribution in [1.82, 2.24) is 5.32 Å². The molecule has 1 N–H and O–H groups in total. The molecule has 0 aliphatic carbocycles. The van der Waals surface area contributed by atoms with Crippen molar-refractivity contribution in [2.45, 2.75) is 20.4 Å². The molecule has 0 amide bonds. The molecular weight excluding hydrogens is 172 g/mol. The fourth-order valence-corrected chi connectivity index (χ4v) is 1.55. The van der Waals surface area contributed by atoms with Gasteiger partial charge in [-0.2, -0.15) is 0 Å². The monoisotopic (exact) mass is 192 g/mol. The molecule has 0 saturated carbocycles. The summed E-state index contributed by atoms with van der Waals surface area (Å²) in [5.74, 6) is 0. The number of nitrogens with one attached hydrogen (secondary N) is 1. The van der Waals surface area contributed by atoms with Gasteiger partial charge in [0, 0.05) is 26.3 Å². The number of hydrogen-bond acceptors (Lipinski definition) is 2. The van der Waals surface area contributed by atoms with Crippen LogP contribution in [0.3, 0.4) is 0 Å². The van der Waals surface area contributed by atoms with Gasteiger partial charge in [0.15, 0.2) is 0 Å². The predicted molar refractivity (Wildman–Crippen MR) is 62.9 cm³/mol. The maximum atomic E-state index is 3.36. The Bertz CT molecular complexity index is 292. The van der Waals surface area contributed by atoms with Crippen LogP contribution in [-0.2, 0) is 6.54 Å². The third-order valence-corrected chi connectivity index (χ3v) is 2.28.